The van der Waals surface area contributed by atoms with E-state index in [9.17, 15) is 8.42 Å². The van der Waals surface area contributed by atoms with Gasteiger partial charge in [-0.2, -0.15) is 0 Å². The number of hydrogen-bond donors (Lipinski definition) is 1. The highest BCUT2D eigenvalue weighted by Gasteiger charge is 2.08. The van der Waals surface area contributed by atoms with E-state index >= 15 is 0 Å². The van der Waals surface area contributed by atoms with Crippen molar-refractivity contribution in [3.63, 3.8) is 0 Å². The molecule has 0 heterocycles. The molecule has 0 aliphatic rings. The molecule has 0 aromatic heterocycles. The molecule has 0 unspecified atom stereocenters. The van der Waals surface area contributed by atoms with Crippen molar-refractivity contribution < 1.29 is 22.6 Å². The average molecular weight is 289 g/mol. The minimum absolute atomic E-state index is 0.0496. The van der Waals surface area contributed by atoms with Gasteiger partial charge in [0.15, 0.2) is 0 Å². The van der Waals surface area contributed by atoms with Gasteiger partial charge in [-0.25, -0.2) is 13.1 Å². The first-order valence-corrected chi connectivity index (χ1v) is 7.46. The summed E-state index contributed by atoms with van der Waals surface area (Å²) in [6.07, 6.45) is 0. The smallest absolute Gasteiger partial charge is 0.213 e. The summed E-state index contributed by atoms with van der Waals surface area (Å²) in [6, 6.07) is 7.08. The van der Waals surface area contributed by atoms with E-state index in [0.717, 1.165) is 5.75 Å². The second kappa shape index (κ2) is 7.98. The molecule has 1 N–H and O–H groups in total. The lowest BCUT2D eigenvalue weighted by molar-refractivity contribution is 0.216. The van der Waals surface area contributed by atoms with E-state index in [1.165, 1.54) is 7.11 Å². The van der Waals surface area contributed by atoms with Gasteiger partial charge in [0.25, 0.3) is 0 Å². The van der Waals surface area contributed by atoms with E-state index in [0.29, 0.717) is 5.75 Å². The van der Waals surface area contributed by atoms with Crippen LogP contribution in [0, 0.1) is 0 Å². The molecule has 0 spiro atoms. The van der Waals surface area contributed by atoms with Gasteiger partial charge in [-0.1, -0.05) is 0 Å². The Morgan fingerprint density at radius 2 is 1.68 bits per heavy atom. The van der Waals surface area contributed by atoms with Crippen LogP contribution in [-0.4, -0.2) is 48.1 Å². The Hall–Kier alpha value is -1.31. The molecule has 0 bridgehead atoms. The highest BCUT2D eigenvalue weighted by molar-refractivity contribution is 7.89. The molecule has 0 radical (unpaired) electrons. The zero-order valence-corrected chi connectivity index (χ0v) is 11.9. The first-order valence-electron chi connectivity index (χ1n) is 5.80. The molecule has 6 nitrogen and oxygen atoms in total. The summed E-state index contributed by atoms with van der Waals surface area (Å²) in [5.74, 6) is 1.36. The maximum Gasteiger partial charge on any atom is 0.213 e. The third kappa shape index (κ3) is 6.42. The maximum absolute atomic E-state index is 11.4. The standard InChI is InChI=1S/C12H19NO5S/c1-16-9-10-19(14,15)13-7-8-18-12-5-3-11(17-2)4-6-12/h3-6,13H,7-10H2,1-2H3. The van der Waals surface area contributed by atoms with Crippen molar-refractivity contribution in [2.24, 2.45) is 0 Å². The lowest BCUT2D eigenvalue weighted by Gasteiger charge is -2.08. The third-order valence-corrected chi connectivity index (χ3v) is 3.66. The van der Waals surface area contributed by atoms with E-state index < -0.39 is 10.0 Å². The Morgan fingerprint density at radius 1 is 1.05 bits per heavy atom. The van der Waals surface area contributed by atoms with Gasteiger partial charge in [0.2, 0.25) is 10.0 Å². The van der Waals surface area contributed by atoms with Crippen molar-refractivity contribution in [1.29, 1.82) is 0 Å². The van der Waals surface area contributed by atoms with E-state index in [1.54, 1.807) is 31.4 Å². The SMILES string of the molecule is COCCS(=O)(=O)NCCOc1ccc(OC)cc1. The molecular formula is C12H19NO5S. The van der Waals surface area contributed by atoms with Crippen molar-refractivity contribution in [3.8, 4) is 11.5 Å². The minimum atomic E-state index is -3.28. The van der Waals surface area contributed by atoms with Gasteiger partial charge in [-0.3, -0.25) is 0 Å². The summed E-state index contributed by atoms with van der Waals surface area (Å²) in [4.78, 5) is 0. The van der Waals surface area contributed by atoms with E-state index in [2.05, 4.69) is 4.72 Å². The zero-order valence-electron chi connectivity index (χ0n) is 11.1. The number of benzene rings is 1. The van der Waals surface area contributed by atoms with Gasteiger partial charge in [-0.05, 0) is 24.3 Å². The second-order valence-electron chi connectivity index (χ2n) is 3.73. The van der Waals surface area contributed by atoms with E-state index in [4.69, 9.17) is 14.2 Å². The second-order valence-corrected chi connectivity index (χ2v) is 5.66. The first kappa shape index (κ1) is 15.7. The number of rotatable bonds is 9. The average Bonchev–Trinajstić information content (AvgIpc) is 2.42. The van der Waals surface area contributed by atoms with Crippen molar-refractivity contribution >= 4 is 10.0 Å². The predicted molar refractivity (Wildman–Crippen MR) is 72.2 cm³/mol. The van der Waals surface area contributed by atoms with Crippen LogP contribution in [-0.2, 0) is 14.8 Å². The Balaban J connectivity index is 2.26. The van der Waals surface area contributed by atoms with Crippen LogP contribution in [0.4, 0.5) is 0 Å². The topological polar surface area (TPSA) is 73.9 Å². The number of methoxy groups -OCH3 is 2. The van der Waals surface area contributed by atoms with Crippen LogP contribution < -0.4 is 14.2 Å². The van der Waals surface area contributed by atoms with Crippen molar-refractivity contribution in [2.45, 2.75) is 0 Å². The molecule has 7 heteroatoms. The van der Waals surface area contributed by atoms with E-state index in [-0.39, 0.29) is 25.5 Å². The minimum Gasteiger partial charge on any atom is -0.497 e. The molecule has 1 aromatic rings. The molecule has 108 valence electrons. The number of hydrogen-bond acceptors (Lipinski definition) is 5. The van der Waals surface area contributed by atoms with Crippen molar-refractivity contribution in [3.05, 3.63) is 24.3 Å². The largest absolute Gasteiger partial charge is 0.497 e. The van der Waals surface area contributed by atoms with Gasteiger partial charge in [-0.15, -0.1) is 0 Å². The van der Waals surface area contributed by atoms with Crippen LogP contribution in [0.5, 0.6) is 11.5 Å². The normalized spacial score (nSPS) is 11.3. The van der Waals surface area contributed by atoms with Gasteiger partial charge in [0.1, 0.15) is 18.1 Å². The summed E-state index contributed by atoms with van der Waals surface area (Å²) in [5.41, 5.74) is 0. The van der Waals surface area contributed by atoms with Crippen LogP contribution in [0.25, 0.3) is 0 Å². The molecule has 1 rings (SSSR count). The molecule has 0 saturated heterocycles. The maximum atomic E-state index is 11.4. The Bertz CT molecular complexity index is 458. The molecule has 0 aliphatic heterocycles. The fourth-order valence-electron chi connectivity index (χ4n) is 1.30. The molecule has 0 amide bonds. The number of nitrogens with one attached hydrogen (secondary N) is 1. The van der Waals surface area contributed by atoms with Crippen LogP contribution in [0.1, 0.15) is 0 Å². The lowest BCUT2D eigenvalue weighted by atomic mass is 10.3. The third-order valence-electron chi connectivity index (χ3n) is 2.31. The Kier molecular flexibility index (Phi) is 6.61. The van der Waals surface area contributed by atoms with Crippen LogP contribution in [0.2, 0.25) is 0 Å². The first-order chi connectivity index (χ1) is 9.07. The Labute approximate surface area is 113 Å². The summed E-state index contributed by atoms with van der Waals surface area (Å²) < 4.78 is 40.4. The highest BCUT2D eigenvalue weighted by Crippen LogP contribution is 2.16. The van der Waals surface area contributed by atoms with Gasteiger partial charge >= 0.3 is 0 Å². The molecule has 0 saturated carbocycles. The van der Waals surface area contributed by atoms with Gasteiger partial charge < -0.3 is 14.2 Å². The van der Waals surface area contributed by atoms with Crippen LogP contribution >= 0.6 is 0 Å². The summed E-state index contributed by atoms with van der Waals surface area (Å²) in [6.45, 7) is 0.658. The lowest BCUT2D eigenvalue weighted by Crippen LogP contribution is -2.31. The van der Waals surface area contributed by atoms with Crippen LogP contribution in [0.3, 0.4) is 0 Å². The number of ether oxygens (including phenoxy) is 3. The molecule has 1 aromatic carbocycles. The van der Waals surface area contributed by atoms with E-state index in [1.807, 2.05) is 0 Å². The van der Waals surface area contributed by atoms with Gasteiger partial charge in [0, 0.05) is 13.7 Å². The fraction of sp³-hybridized carbons (Fsp3) is 0.500. The molecule has 0 atom stereocenters. The zero-order chi connectivity index (χ0) is 14.1. The number of sulfonamides is 1. The molecular weight excluding hydrogens is 270 g/mol. The fourth-order valence-corrected chi connectivity index (χ4v) is 2.23. The quantitative estimate of drug-likeness (QED) is 0.675. The summed E-state index contributed by atoms with van der Waals surface area (Å²) in [7, 11) is -0.235. The van der Waals surface area contributed by atoms with Crippen molar-refractivity contribution in [2.75, 3.05) is 39.7 Å². The van der Waals surface area contributed by atoms with Crippen LogP contribution in [0.15, 0.2) is 24.3 Å². The Morgan fingerprint density at radius 3 is 2.26 bits per heavy atom. The molecule has 0 fully saturated rings. The summed E-state index contributed by atoms with van der Waals surface area (Å²) in [5, 5.41) is 0. The predicted octanol–water partition coefficient (Wildman–Crippen LogP) is 0.640. The highest BCUT2D eigenvalue weighted by atomic mass is 32.2. The van der Waals surface area contributed by atoms with Gasteiger partial charge in [0.05, 0.1) is 19.5 Å². The molecule has 0 aliphatic carbocycles. The molecule has 19 heavy (non-hydrogen) atoms. The monoisotopic (exact) mass is 289 g/mol. The van der Waals surface area contributed by atoms with Crippen molar-refractivity contribution in [1.82, 2.24) is 4.72 Å². The summed E-state index contributed by atoms with van der Waals surface area (Å²) >= 11 is 0.